The van der Waals surface area contributed by atoms with E-state index in [1.165, 1.54) is 0 Å². The van der Waals surface area contributed by atoms with E-state index in [-0.39, 0.29) is 17.8 Å². The first-order valence-electron chi connectivity index (χ1n) is 10.6. The first-order chi connectivity index (χ1) is 12.0. The van der Waals surface area contributed by atoms with Gasteiger partial charge in [-0.2, -0.15) is 0 Å². The summed E-state index contributed by atoms with van der Waals surface area (Å²) in [6, 6.07) is 0. The van der Waals surface area contributed by atoms with Gasteiger partial charge in [0, 0.05) is 37.0 Å². The van der Waals surface area contributed by atoms with Crippen LogP contribution in [0.2, 0.25) is 0 Å². The number of ketones is 3. The van der Waals surface area contributed by atoms with Crippen molar-refractivity contribution in [3.63, 3.8) is 0 Å². The van der Waals surface area contributed by atoms with E-state index in [0.29, 0.717) is 36.1 Å². The molecule has 0 aromatic rings. The normalized spacial score (nSPS) is 30.0. The van der Waals surface area contributed by atoms with Crippen molar-refractivity contribution in [3.05, 3.63) is 0 Å². The highest BCUT2D eigenvalue weighted by molar-refractivity contribution is 5.83. The molecule has 0 bridgehead atoms. The van der Waals surface area contributed by atoms with Crippen LogP contribution in [0, 0.1) is 23.7 Å². The van der Waals surface area contributed by atoms with Gasteiger partial charge in [0.05, 0.1) is 0 Å². The van der Waals surface area contributed by atoms with Gasteiger partial charge < -0.3 is 0 Å². The Morgan fingerprint density at radius 2 is 1.16 bits per heavy atom. The Balaban J connectivity index is 1.69. The molecule has 2 aliphatic carbocycles. The van der Waals surface area contributed by atoms with E-state index < -0.39 is 0 Å². The Morgan fingerprint density at radius 3 is 1.68 bits per heavy atom. The lowest BCUT2D eigenvalue weighted by Crippen LogP contribution is -2.28. The Bertz CT molecular complexity index is 452. The molecule has 2 aliphatic rings. The van der Waals surface area contributed by atoms with E-state index in [1.54, 1.807) is 0 Å². The molecule has 2 saturated carbocycles. The molecule has 142 valence electrons. The first kappa shape index (κ1) is 20.3. The SMILES string of the molecule is CCCCC(=O)[C@H]1CC[C@H](C(=O)C[C@H]2CC[C@H](C(=O)CC)CC2)CC1. The lowest BCUT2D eigenvalue weighted by Gasteiger charge is -2.30. The van der Waals surface area contributed by atoms with Gasteiger partial charge in [-0.15, -0.1) is 0 Å². The minimum absolute atomic E-state index is 0.185. The van der Waals surface area contributed by atoms with Crippen molar-refractivity contribution in [2.75, 3.05) is 0 Å². The number of unbranched alkanes of at least 4 members (excludes halogenated alkanes) is 1. The van der Waals surface area contributed by atoms with Crippen LogP contribution in [-0.2, 0) is 14.4 Å². The molecule has 0 unspecified atom stereocenters. The van der Waals surface area contributed by atoms with Crippen LogP contribution < -0.4 is 0 Å². The Morgan fingerprint density at radius 1 is 0.680 bits per heavy atom. The maximum atomic E-state index is 12.6. The molecule has 0 atom stereocenters. The third-order valence-electron chi connectivity index (χ3n) is 6.56. The molecule has 25 heavy (non-hydrogen) atoms. The topological polar surface area (TPSA) is 51.2 Å². The smallest absolute Gasteiger partial charge is 0.136 e. The average molecular weight is 349 g/mol. The quantitative estimate of drug-likeness (QED) is 0.568. The summed E-state index contributed by atoms with van der Waals surface area (Å²) in [6.07, 6.45) is 11.8. The average Bonchev–Trinajstić information content (AvgIpc) is 2.66. The van der Waals surface area contributed by atoms with Crippen LogP contribution in [0.3, 0.4) is 0 Å². The van der Waals surface area contributed by atoms with Crippen molar-refractivity contribution in [1.29, 1.82) is 0 Å². The standard InChI is InChI=1S/C22H36O3/c1-3-5-6-21(24)18-11-13-19(14-12-18)22(25)15-16-7-9-17(10-8-16)20(23)4-2/h16-19H,3-15H2,1-2H3/t16-,17-,18-,19-. The zero-order chi connectivity index (χ0) is 18.2. The molecule has 3 heteroatoms. The lowest BCUT2D eigenvalue weighted by molar-refractivity contribution is -0.129. The molecule has 0 saturated heterocycles. The van der Waals surface area contributed by atoms with Gasteiger partial charge in [0.2, 0.25) is 0 Å². The van der Waals surface area contributed by atoms with Gasteiger partial charge in [-0.05, 0) is 63.7 Å². The fourth-order valence-electron chi connectivity index (χ4n) is 4.72. The second-order valence-electron chi connectivity index (χ2n) is 8.33. The van der Waals surface area contributed by atoms with E-state index in [0.717, 1.165) is 70.6 Å². The van der Waals surface area contributed by atoms with Crippen LogP contribution >= 0.6 is 0 Å². The minimum Gasteiger partial charge on any atom is -0.299 e. The number of rotatable bonds is 9. The van der Waals surface area contributed by atoms with Crippen LogP contribution in [-0.4, -0.2) is 17.3 Å². The molecule has 0 aliphatic heterocycles. The Kier molecular flexibility index (Phi) is 8.32. The van der Waals surface area contributed by atoms with Gasteiger partial charge in [-0.25, -0.2) is 0 Å². The highest BCUT2D eigenvalue weighted by Crippen LogP contribution is 2.36. The molecular weight excluding hydrogens is 312 g/mol. The number of hydrogen-bond acceptors (Lipinski definition) is 3. The largest absolute Gasteiger partial charge is 0.299 e. The first-order valence-corrected chi connectivity index (χ1v) is 10.6. The second-order valence-corrected chi connectivity index (χ2v) is 8.33. The highest BCUT2D eigenvalue weighted by Gasteiger charge is 2.32. The van der Waals surface area contributed by atoms with Gasteiger partial charge in [-0.1, -0.05) is 20.3 Å². The van der Waals surface area contributed by atoms with Gasteiger partial charge >= 0.3 is 0 Å². The van der Waals surface area contributed by atoms with Gasteiger partial charge in [0.25, 0.3) is 0 Å². The third-order valence-corrected chi connectivity index (χ3v) is 6.56. The summed E-state index contributed by atoms with van der Waals surface area (Å²) in [5, 5.41) is 0. The van der Waals surface area contributed by atoms with Crippen LogP contribution in [0.15, 0.2) is 0 Å². The predicted molar refractivity (Wildman–Crippen MR) is 100 cm³/mol. The van der Waals surface area contributed by atoms with Crippen LogP contribution in [0.5, 0.6) is 0 Å². The Labute approximate surface area is 153 Å². The fourth-order valence-corrected chi connectivity index (χ4v) is 4.72. The summed E-state index contributed by atoms with van der Waals surface area (Å²) in [5.74, 6) is 2.38. The minimum atomic E-state index is 0.185. The summed E-state index contributed by atoms with van der Waals surface area (Å²) < 4.78 is 0. The van der Waals surface area contributed by atoms with Crippen LogP contribution in [0.4, 0.5) is 0 Å². The van der Waals surface area contributed by atoms with E-state index in [4.69, 9.17) is 0 Å². The summed E-state index contributed by atoms with van der Waals surface area (Å²) >= 11 is 0. The summed E-state index contributed by atoms with van der Waals surface area (Å²) in [6.45, 7) is 4.07. The molecule has 0 N–H and O–H groups in total. The molecule has 0 aromatic heterocycles. The molecule has 0 heterocycles. The van der Waals surface area contributed by atoms with Gasteiger partial charge in [-0.3, -0.25) is 14.4 Å². The molecule has 0 spiro atoms. The summed E-state index contributed by atoms with van der Waals surface area (Å²) in [4.78, 5) is 36.6. The second kappa shape index (κ2) is 10.2. The number of hydrogen-bond donors (Lipinski definition) is 0. The molecule has 3 nitrogen and oxygen atoms in total. The van der Waals surface area contributed by atoms with Crippen molar-refractivity contribution in [1.82, 2.24) is 0 Å². The summed E-state index contributed by atoms with van der Waals surface area (Å²) in [7, 11) is 0. The van der Waals surface area contributed by atoms with Gasteiger partial charge in [0.1, 0.15) is 17.3 Å². The number of carbonyl (C=O) groups is 3. The predicted octanol–water partition coefficient (Wildman–Crippen LogP) is 5.30. The van der Waals surface area contributed by atoms with E-state index in [9.17, 15) is 14.4 Å². The molecule has 2 rings (SSSR count). The van der Waals surface area contributed by atoms with Crippen molar-refractivity contribution in [2.45, 2.75) is 97.3 Å². The van der Waals surface area contributed by atoms with Crippen LogP contribution in [0.25, 0.3) is 0 Å². The molecular formula is C22H36O3. The molecule has 0 aromatic carbocycles. The van der Waals surface area contributed by atoms with E-state index in [2.05, 4.69) is 6.92 Å². The maximum absolute atomic E-state index is 12.6. The monoisotopic (exact) mass is 348 g/mol. The van der Waals surface area contributed by atoms with Crippen molar-refractivity contribution < 1.29 is 14.4 Å². The zero-order valence-corrected chi connectivity index (χ0v) is 16.2. The fraction of sp³-hybridized carbons (Fsp3) is 0.864. The molecule has 0 amide bonds. The molecule has 2 fully saturated rings. The van der Waals surface area contributed by atoms with Crippen LogP contribution in [0.1, 0.15) is 97.3 Å². The molecule has 0 radical (unpaired) electrons. The van der Waals surface area contributed by atoms with E-state index >= 15 is 0 Å². The zero-order valence-electron chi connectivity index (χ0n) is 16.2. The van der Waals surface area contributed by atoms with Crippen molar-refractivity contribution in [2.24, 2.45) is 23.7 Å². The maximum Gasteiger partial charge on any atom is 0.136 e. The third kappa shape index (κ3) is 6.04. The Hall–Kier alpha value is -0.990. The number of Topliss-reactive ketones (excluding diaryl/α,β-unsaturated/α-hetero) is 3. The van der Waals surface area contributed by atoms with Crippen molar-refractivity contribution >= 4 is 17.3 Å². The number of carbonyl (C=O) groups excluding carboxylic acids is 3. The summed E-state index contributed by atoms with van der Waals surface area (Å²) in [5.41, 5.74) is 0. The highest BCUT2D eigenvalue weighted by atomic mass is 16.1. The van der Waals surface area contributed by atoms with Gasteiger partial charge in [0.15, 0.2) is 0 Å². The van der Waals surface area contributed by atoms with E-state index in [1.807, 2.05) is 6.92 Å². The lowest BCUT2D eigenvalue weighted by atomic mass is 9.73. The van der Waals surface area contributed by atoms with Crippen molar-refractivity contribution in [3.8, 4) is 0 Å².